The number of aromatic nitrogens is 1. The number of hydrogen-bond donors (Lipinski definition) is 2. The maximum Gasteiger partial charge on any atom is 0.159 e. The summed E-state index contributed by atoms with van der Waals surface area (Å²) in [5.41, 5.74) is 4.42. The van der Waals surface area contributed by atoms with Crippen molar-refractivity contribution in [2.75, 3.05) is 5.43 Å². The van der Waals surface area contributed by atoms with Gasteiger partial charge < -0.3 is 5.43 Å². The standard InChI is InChI=1S/C11H10ClN3/c12-10-9(6-7-14-11(10)15-13)8-4-2-1-3-5-8/h1-7H,13H2,(H,14,15). The molecule has 1 aromatic carbocycles. The minimum absolute atomic E-state index is 0.484. The zero-order valence-corrected chi connectivity index (χ0v) is 8.70. The highest BCUT2D eigenvalue weighted by Crippen LogP contribution is 2.31. The fourth-order valence-electron chi connectivity index (χ4n) is 1.39. The van der Waals surface area contributed by atoms with Gasteiger partial charge in [0.25, 0.3) is 0 Å². The number of pyridine rings is 1. The smallest absolute Gasteiger partial charge is 0.159 e. The molecule has 3 N–H and O–H groups in total. The zero-order valence-electron chi connectivity index (χ0n) is 7.94. The molecule has 0 atom stereocenters. The van der Waals surface area contributed by atoms with Crippen molar-refractivity contribution in [2.24, 2.45) is 5.84 Å². The molecule has 76 valence electrons. The molecule has 4 heteroatoms. The summed E-state index contributed by atoms with van der Waals surface area (Å²) in [5.74, 6) is 5.78. The van der Waals surface area contributed by atoms with Crippen molar-refractivity contribution in [2.45, 2.75) is 0 Å². The van der Waals surface area contributed by atoms with E-state index in [2.05, 4.69) is 10.4 Å². The van der Waals surface area contributed by atoms with E-state index in [-0.39, 0.29) is 0 Å². The summed E-state index contributed by atoms with van der Waals surface area (Å²) in [7, 11) is 0. The highest BCUT2D eigenvalue weighted by molar-refractivity contribution is 6.35. The van der Waals surface area contributed by atoms with Gasteiger partial charge in [-0.25, -0.2) is 10.8 Å². The van der Waals surface area contributed by atoms with Gasteiger partial charge in [-0.2, -0.15) is 0 Å². The molecule has 0 spiro atoms. The van der Waals surface area contributed by atoms with Gasteiger partial charge in [0.1, 0.15) is 0 Å². The fourth-order valence-corrected chi connectivity index (χ4v) is 1.66. The minimum Gasteiger partial charge on any atom is -0.307 e. The van der Waals surface area contributed by atoms with Crippen LogP contribution in [0.4, 0.5) is 5.82 Å². The number of hydrogen-bond acceptors (Lipinski definition) is 3. The fraction of sp³-hybridized carbons (Fsp3) is 0. The van der Waals surface area contributed by atoms with E-state index in [1.54, 1.807) is 6.20 Å². The summed E-state index contributed by atoms with van der Waals surface area (Å²) < 4.78 is 0. The van der Waals surface area contributed by atoms with E-state index >= 15 is 0 Å². The number of nitrogens with one attached hydrogen (secondary N) is 1. The molecule has 0 bridgehead atoms. The summed E-state index contributed by atoms with van der Waals surface area (Å²) in [6, 6.07) is 11.7. The normalized spacial score (nSPS) is 10.0. The Balaban J connectivity index is 2.54. The lowest BCUT2D eigenvalue weighted by atomic mass is 10.1. The molecular formula is C11H10ClN3. The van der Waals surface area contributed by atoms with Gasteiger partial charge in [0.2, 0.25) is 0 Å². The van der Waals surface area contributed by atoms with Gasteiger partial charge in [0, 0.05) is 11.8 Å². The van der Waals surface area contributed by atoms with Crippen LogP contribution in [-0.2, 0) is 0 Å². The summed E-state index contributed by atoms with van der Waals surface area (Å²) in [6.45, 7) is 0. The average molecular weight is 220 g/mol. The molecule has 1 aromatic heterocycles. The van der Waals surface area contributed by atoms with Crippen LogP contribution >= 0.6 is 11.6 Å². The van der Waals surface area contributed by atoms with Gasteiger partial charge in [-0.1, -0.05) is 41.9 Å². The van der Waals surface area contributed by atoms with Crippen LogP contribution in [0.15, 0.2) is 42.6 Å². The minimum atomic E-state index is 0.484. The first-order valence-electron chi connectivity index (χ1n) is 4.49. The Labute approximate surface area is 92.9 Å². The number of rotatable bonds is 2. The molecule has 0 unspecified atom stereocenters. The van der Waals surface area contributed by atoms with E-state index in [0.29, 0.717) is 10.8 Å². The van der Waals surface area contributed by atoms with E-state index in [0.717, 1.165) is 11.1 Å². The Bertz CT molecular complexity index is 457. The van der Waals surface area contributed by atoms with Gasteiger partial charge in [0.15, 0.2) is 5.82 Å². The first-order valence-corrected chi connectivity index (χ1v) is 4.87. The van der Waals surface area contributed by atoms with Crippen molar-refractivity contribution < 1.29 is 0 Å². The molecule has 0 amide bonds. The van der Waals surface area contributed by atoms with Crippen LogP contribution in [0, 0.1) is 0 Å². The SMILES string of the molecule is NNc1nccc(-c2ccccc2)c1Cl. The van der Waals surface area contributed by atoms with Crippen molar-refractivity contribution in [3.05, 3.63) is 47.6 Å². The van der Waals surface area contributed by atoms with Gasteiger partial charge in [-0.05, 0) is 11.6 Å². The Kier molecular flexibility index (Phi) is 2.85. The van der Waals surface area contributed by atoms with Crippen LogP contribution in [0.25, 0.3) is 11.1 Å². The van der Waals surface area contributed by atoms with Crippen molar-refractivity contribution >= 4 is 17.4 Å². The van der Waals surface area contributed by atoms with Crippen molar-refractivity contribution in [1.82, 2.24) is 4.98 Å². The maximum absolute atomic E-state index is 6.14. The third kappa shape index (κ3) is 1.93. The van der Waals surface area contributed by atoms with Crippen LogP contribution in [0.3, 0.4) is 0 Å². The summed E-state index contributed by atoms with van der Waals surface area (Å²) in [6.07, 6.45) is 1.67. The monoisotopic (exact) mass is 219 g/mol. The van der Waals surface area contributed by atoms with Crippen LogP contribution in [0.5, 0.6) is 0 Å². The highest BCUT2D eigenvalue weighted by Gasteiger charge is 2.07. The third-order valence-electron chi connectivity index (χ3n) is 2.11. The van der Waals surface area contributed by atoms with Crippen molar-refractivity contribution in [3.8, 4) is 11.1 Å². The second kappa shape index (κ2) is 4.29. The third-order valence-corrected chi connectivity index (χ3v) is 2.49. The van der Waals surface area contributed by atoms with Crippen molar-refractivity contribution in [1.29, 1.82) is 0 Å². The number of benzene rings is 1. The first kappa shape index (κ1) is 9.96. The quantitative estimate of drug-likeness (QED) is 0.603. The second-order valence-corrected chi connectivity index (χ2v) is 3.41. The molecule has 0 aliphatic heterocycles. The largest absolute Gasteiger partial charge is 0.307 e. The predicted molar refractivity (Wildman–Crippen MR) is 62.5 cm³/mol. The van der Waals surface area contributed by atoms with Crippen LogP contribution < -0.4 is 11.3 Å². The number of nitrogen functional groups attached to an aromatic ring is 1. The number of anilines is 1. The molecule has 3 nitrogen and oxygen atoms in total. The molecule has 15 heavy (non-hydrogen) atoms. The molecule has 1 heterocycles. The first-order chi connectivity index (χ1) is 7.33. The maximum atomic E-state index is 6.14. The average Bonchev–Trinajstić information content (AvgIpc) is 2.30. The molecule has 0 radical (unpaired) electrons. The molecule has 2 aromatic rings. The summed E-state index contributed by atoms with van der Waals surface area (Å²) in [4.78, 5) is 4.01. The molecule has 0 saturated carbocycles. The summed E-state index contributed by atoms with van der Waals surface area (Å²) in [5, 5.41) is 0.534. The van der Waals surface area contributed by atoms with Gasteiger partial charge in [-0.3, -0.25) is 0 Å². The molecule has 0 saturated heterocycles. The lowest BCUT2D eigenvalue weighted by Crippen LogP contribution is -2.09. The number of halogens is 1. The van der Waals surface area contributed by atoms with E-state index in [1.807, 2.05) is 36.4 Å². The molecule has 0 fully saturated rings. The zero-order chi connectivity index (χ0) is 10.7. The van der Waals surface area contributed by atoms with Crippen LogP contribution in [0.2, 0.25) is 5.02 Å². The lowest BCUT2D eigenvalue weighted by Gasteiger charge is -2.07. The molecule has 2 rings (SSSR count). The van der Waals surface area contributed by atoms with E-state index in [1.165, 1.54) is 0 Å². The molecular weight excluding hydrogens is 210 g/mol. The van der Waals surface area contributed by atoms with Crippen LogP contribution in [-0.4, -0.2) is 4.98 Å². The van der Waals surface area contributed by atoms with Gasteiger partial charge in [-0.15, -0.1) is 0 Å². The number of nitrogens with two attached hydrogens (primary N) is 1. The van der Waals surface area contributed by atoms with E-state index < -0.39 is 0 Å². The van der Waals surface area contributed by atoms with E-state index in [4.69, 9.17) is 17.4 Å². The topological polar surface area (TPSA) is 50.9 Å². The Morgan fingerprint density at radius 2 is 1.87 bits per heavy atom. The summed E-state index contributed by atoms with van der Waals surface area (Å²) >= 11 is 6.14. The highest BCUT2D eigenvalue weighted by atomic mass is 35.5. The molecule has 0 aliphatic rings. The number of nitrogens with zero attached hydrogens (tertiary/aromatic N) is 1. The second-order valence-electron chi connectivity index (χ2n) is 3.03. The van der Waals surface area contributed by atoms with Gasteiger partial charge in [0.05, 0.1) is 5.02 Å². The Morgan fingerprint density at radius 3 is 2.53 bits per heavy atom. The predicted octanol–water partition coefficient (Wildman–Crippen LogP) is 2.69. The van der Waals surface area contributed by atoms with Gasteiger partial charge >= 0.3 is 0 Å². The van der Waals surface area contributed by atoms with Crippen LogP contribution in [0.1, 0.15) is 0 Å². The van der Waals surface area contributed by atoms with E-state index in [9.17, 15) is 0 Å². The Morgan fingerprint density at radius 1 is 1.13 bits per heavy atom. The number of hydrazine groups is 1. The lowest BCUT2D eigenvalue weighted by molar-refractivity contribution is 1.23. The molecule has 0 aliphatic carbocycles. The Hall–Kier alpha value is -1.58. The van der Waals surface area contributed by atoms with Crippen molar-refractivity contribution in [3.63, 3.8) is 0 Å².